The molecule has 0 radical (unpaired) electrons. The third-order valence-electron chi connectivity index (χ3n) is 4.48. The van der Waals surface area contributed by atoms with Crippen LogP contribution in [0.2, 0.25) is 0 Å². The Hall–Kier alpha value is -3.66. The fourth-order valence-corrected chi connectivity index (χ4v) is 3.16. The highest BCUT2D eigenvalue weighted by atomic mass is 16.5. The lowest BCUT2D eigenvalue weighted by molar-refractivity contribution is 0.178. The normalized spacial score (nSPS) is 11.2. The molecule has 4 aromatic rings. The molecule has 10 nitrogen and oxygen atoms in total. The quantitative estimate of drug-likeness (QED) is 0.483. The lowest BCUT2D eigenvalue weighted by Gasteiger charge is -2.15. The maximum atomic E-state index is 13.2. The van der Waals surface area contributed by atoms with Gasteiger partial charge < -0.3 is 18.9 Å². The summed E-state index contributed by atoms with van der Waals surface area (Å²) < 4.78 is 24.2. The van der Waals surface area contributed by atoms with E-state index in [0.29, 0.717) is 45.4 Å². The van der Waals surface area contributed by atoms with Gasteiger partial charge in [-0.25, -0.2) is 4.98 Å². The Morgan fingerprint density at radius 2 is 1.76 bits per heavy atom. The molecule has 150 valence electrons. The zero-order valence-corrected chi connectivity index (χ0v) is 16.4. The van der Waals surface area contributed by atoms with Crippen molar-refractivity contribution in [2.24, 2.45) is 0 Å². The number of methoxy groups -OCH3 is 4. The van der Waals surface area contributed by atoms with Crippen LogP contribution in [0.1, 0.15) is 5.82 Å². The highest BCUT2D eigenvalue weighted by Gasteiger charge is 2.16. The highest BCUT2D eigenvalue weighted by molar-refractivity contribution is 5.79. The minimum atomic E-state index is -0.269. The third kappa shape index (κ3) is 3.03. The number of rotatable bonds is 6. The largest absolute Gasteiger partial charge is 0.493 e. The standard InChI is InChI=1S/C19H19N5O5/c1-26-10-16-21-19-20-9-12-13(24(19)22-16)5-6-23(18(12)25)11-7-14(27-2)17(29-4)15(8-11)28-3/h5-9H,10H2,1-4H3. The van der Waals surface area contributed by atoms with Gasteiger partial charge in [-0.05, 0) is 6.07 Å². The zero-order chi connectivity index (χ0) is 20.5. The average Bonchev–Trinajstić information content (AvgIpc) is 3.16. The Morgan fingerprint density at radius 3 is 2.38 bits per heavy atom. The second-order valence-corrected chi connectivity index (χ2v) is 6.10. The second-order valence-electron chi connectivity index (χ2n) is 6.10. The van der Waals surface area contributed by atoms with Gasteiger partial charge in [0.1, 0.15) is 6.61 Å². The smallest absolute Gasteiger partial charge is 0.266 e. The minimum Gasteiger partial charge on any atom is -0.493 e. The van der Waals surface area contributed by atoms with Crippen molar-refractivity contribution in [3.05, 3.63) is 46.8 Å². The number of aromatic nitrogens is 5. The van der Waals surface area contributed by atoms with Crippen molar-refractivity contribution in [2.75, 3.05) is 28.4 Å². The van der Waals surface area contributed by atoms with Crippen molar-refractivity contribution in [1.29, 1.82) is 0 Å². The van der Waals surface area contributed by atoms with Gasteiger partial charge in [-0.15, -0.1) is 5.10 Å². The fourth-order valence-electron chi connectivity index (χ4n) is 3.16. The van der Waals surface area contributed by atoms with Gasteiger partial charge in [-0.2, -0.15) is 9.50 Å². The summed E-state index contributed by atoms with van der Waals surface area (Å²) in [5, 5.41) is 4.76. The van der Waals surface area contributed by atoms with Crippen LogP contribution in [0.15, 0.2) is 35.4 Å². The van der Waals surface area contributed by atoms with Gasteiger partial charge in [0.15, 0.2) is 17.3 Å². The summed E-state index contributed by atoms with van der Waals surface area (Å²) in [4.78, 5) is 21.7. The molecule has 0 aliphatic heterocycles. The van der Waals surface area contributed by atoms with Crippen LogP contribution in [0.25, 0.3) is 22.4 Å². The van der Waals surface area contributed by atoms with E-state index in [2.05, 4.69) is 15.1 Å². The minimum absolute atomic E-state index is 0.257. The molecular formula is C19H19N5O5. The molecule has 0 spiro atoms. The first-order valence-electron chi connectivity index (χ1n) is 8.66. The van der Waals surface area contributed by atoms with Gasteiger partial charge in [-0.3, -0.25) is 9.36 Å². The predicted molar refractivity (Wildman–Crippen MR) is 104 cm³/mol. The topological polar surface area (TPSA) is 102 Å². The lowest BCUT2D eigenvalue weighted by Crippen LogP contribution is -2.19. The summed E-state index contributed by atoms with van der Waals surface area (Å²) in [6.07, 6.45) is 3.15. The van der Waals surface area contributed by atoms with Gasteiger partial charge in [0, 0.05) is 31.6 Å². The summed E-state index contributed by atoms with van der Waals surface area (Å²) in [6.45, 7) is 0.257. The summed E-state index contributed by atoms with van der Waals surface area (Å²) >= 11 is 0. The first kappa shape index (κ1) is 18.7. The lowest BCUT2D eigenvalue weighted by atomic mass is 10.2. The monoisotopic (exact) mass is 397 g/mol. The molecule has 0 aliphatic rings. The highest BCUT2D eigenvalue weighted by Crippen LogP contribution is 2.39. The molecule has 3 aromatic heterocycles. The molecule has 0 amide bonds. The van der Waals surface area contributed by atoms with Crippen LogP contribution in [0.4, 0.5) is 0 Å². The van der Waals surface area contributed by atoms with E-state index < -0.39 is 0 Å². The molecule has 4 rings (SSSR count). The summed E-state index contributed by atoms with van der Waals surface area (Å²) in [6, 6.07) is 5.18. The molecule has 0 aliphatic carbocycles. The number of hydrogen-bond donors (Lipinski definition) is 0. The first-order valence-corrected chi connectivity index (χ1v) is 8.66. The van der Waals surface area contributed by atoms with E-state index in [-0.39, 0.29) is 12.2 Å². The van der Waals surface area contributed by atoms with Crippen LogP contribution in [-0.4, -0.2) is 52.6 Å². The van der Waals surface area contributed by atoms with Gasteiger partial charge in [0.2, 0.25) is 5.75 Å². The summed E-state index contributed by atoms with van der Waals surface area (Å²) in [5.74, 6) is 2.23. The molecule has 3 heterocycles. The van der Waals surface area contributed by atoms with Crippen LogP contribution in [0.5, 0.6) is 17.2 Å². The molecule has 0 saturated heterocycles. The van der Waals surface area contributed by atoms with Crippen LogP contribution < -0.4 is 19.8 Å². The van der Waals surface area contributed by atoms with Gasteiger partial charge in [0.05, 0.1) is 37.9 Å². The molecular weight excluding hydrogens is 378 g/mol. The molecule has 10 heteroatoms. The van der Waals surface area contributed by atoms with Gasteiger partial charge >= 0.3 is 0 Å². The van der Waals surface area contributed by atoms with Crippen LogP contribution in [0, 0.1) is 0 Å². The number of benzene rings is 1. The summed E-state index contributed by atoms with van der Waals surface area (Å²) in [7, 11) is 6.13. The molecule has 0 fully saturated rings. The van der Waals surface area contributed by atoms with Crippen LogP contribution in [0.3, 0.4) is 0 Å². The Balaban J connectivity index is 1.93. The van der Waals surface area contributed by atoms with Crippen LogP contribution >= 0.6 is 0 Å². The van der Waals surface area contributed by atoms with E-state index >= 15 is 0 Å². The molecule has 0 bridgehead atoms. The van der Waals surface area contributed by atoms with Crippen molar-refractivity contribution < 1.29 is 18.9 Å². The molecule has 1 aromatic carbocycles. The number of ether oxygens (including phenoxy) is 4. The molecule has 0 atom stereocenters. The first-order chi connectivity index (χ1) is 14.1. The molecule has 0 N–H and O–H groups in total. The molecule has 0 unspecified atom stereocenters. The summed E-state index contributed by atoms with van der Waals surface area (Å²) in [5.41, 5.74) is 0.888. The van der Waals surface area contributed by atoms with E-state index in [1.54, 1.807) is 31.5 Å². The second kappa shape index (κ2) is 7.40. The van der Waals surface area contributed by atoms with E-state index in [4.69, 9.17) is 18.9 Å². The Labute approximate surface area is 165 Å². The third-order valence-corrected chi connectivity index (χ3v) is 4.48. The fraction of sp³-hybridized carbons (Fsp3) is 0.263. The number of pyridine rings is 1. The van der Waals surface area contributed by atoms with Gasteiger partial charge in [-0.1, -0.05) is 0 Å². The van der Waals surface area contributed by atoms with E-state index in [1.807, 2.05) is 0 Å². The maximum absolute atomic E-state index is 13.2. The van der Waals surface area contributed by atoms with Crippen molar-refractivity contribution in [1.82, 2.24) is 24.1 Å². The van der Waals surface area contributed by atoms with Crippen LogP contribution in [-0.2, 0) is 11.3 Å². The molecule has 29 heavy (non-hydrogen) atoms. The average molecular weight is 397 g/mol. The van der Waals surface area contributed by atoms with Crippen molar-refractivity contribution in [3.63, 3.8) is 0 Å². The predicted octanol–water partition coefficient (Wildman–Crippen LogP) is 1.60. The Kier molecular flexibility index (Phi) is 4.77. The number of fused-ring (bicyclic) bond motifs is 3. The van der Waals surface area contributed by atoms with Gasteiger partial charge in [0.25, 0.3) is 11.3 Å². The van der Waals surface area contributed by atoms with E-state index in [0.717, 1.165) is 0 Å². The van der Waals surface area contributed by atoms with Crippen molar-refractivity contribution in [3.8, 4) is 22.9 Å². The number of nitrogens with zero attached hydrogens (tertiary/aromatic N) is 5. The SMILES string of the molecule is COCc1nc2ncc3c(=O)n(-c4cc(OC)c(OC)c(OC)c4)ccc3n2n1. The van der Waals surface area contributed by atoms with Crippen molar-refractivity contribution >= 4 is 16.7 Å². The maximum Gasteiger partial charge on any atom is 0.266 e. The van der Waals surface area contributed by atoms with E-state index in [9.17, 15) is 4.79 Å². The Bertz CT molecular complexity index is 1240. The zero-order valence-electron chi connectivity index (χ0n) is 16.4. The Morgan fingerprint density at radius 1 is 1.03 bits per heavy atom. The van der Waals surface area contributed by atoms with Crippen molar-refractivity contribution in [2.45, 2.75) is 6.61 Å². The number of hydrogen-bond acceptors (Lipinski definition) is 8. The molecule has 0 saturated carbocycles. The van der Waals surface area contributed by atoms with E-state index in [1.165, 1.54) is 36.6 Å².